The zero-order chi connectivity index (χ0) is 16.0. The van der Waals surface area contributed by atoms with E-state index < -0.39 is 17.4 Å². The van der Waals surface area contributed by atoms with Gasteiger partial charge < -0.3 is 15.4 Å². The summed E-state index contributed by atoms with van der Waals surface area (Å²) in [6, 6.07) is 8.97. The van der Waals surface area contributed by atoms with Crippen molar-refractivity contribution in [3.05, 3.63) is 35.9 Å². The molecule has 120 valence electrons. The first kappa shape index (κ1) is 16.5. The lowest BCUT2D eigenvalue weighted by Crippen LogP contribution is -2.53. The second-order valence-electron chi connectivity index (χ2n) is 6.08. The zero-order valence-corrected chi connectivity index (χ0v) is 13.2. The summed E-state index contributed by atoms with van der Waals surface area (Å²) in [5.74, 6) is -0.504. The van der Waals surface area contributed by atoms with Crippen molar-refractivity contribution in [1.82, 2.24) is 10.6 Å². The maximum atomic E-state index is 12.6. The third-order valence-corrected chi connectivity index (χ3v) is 4.22. The fourth-order valence-corrected chi connectivity index (χ4v) is 2.77. The van der Waals surface area contributed by atoms with Crippen LogP contribution >= 0.6 is 0 Å². The molecule has 0 aliphatic carbocycles. The molecule has 1 amide bonds. The van der Waals surface area contributed by atoms with E-state index in [1.807, 2.05) is 37.3 Å². The Labute approximate surface area is 131 Å². The largest absolute Gasteiger partial charge is 0.467 e. The van der Waals surface area contributed by atoms with Crippen LogP contribution in [0.1, 0.15) is 25.3 Å². The van der Waals surface area contributed by atoms with Gasteiger partial charge in [0.2, 0.25) is 5.91 Å². The summed E-state index contributed by atoms with van der Waals surface area (Å²) >= 11 is 0. The number of carbonyl (C=O) groups excluding carboxylic acids is 2. The van der Waals surface area contributed by atoms with Crippen LogP contribution in [-0.4, -0.2) is 38.1 Å². The molecule has 1 fully saturated rings. The molecule has 0 spiro atoms. The van der Waals surface area contributed by atoms with Crippen molar-refractivity contribution in [2.75, 3.05) is 20.2 Å². The first-order valence-electron chi connectivity index (χ1n) is 7.68. The average molecular weight is 304 g/mol. The minimum absolute atomic E-state index is 0.0916. The summed E-state index contributed by atoms with van der Waals surface area (Å²) in [5.41, 5.74) is 0.520. The maximum Gasteiger partial charge on any atom is 0.328 e. The average Bonchev–Trinajstić information content (AvgIpc) is 2.55. The predicted octanol–water partition coefficient (Wildman–Crippen LogP) is 1.28. The number of amides is 1. The molecule has 1 heterocycles. The third kappa shape index (κ3) is 4.07. The topological polar surface area (TPSA) is 67.4 Å². The molecule has 1 aliphatic heterocycles. The van der Waals surface area contributed by atoms with Crippen molar-refractivity contribution in [1.29, 1.82) is 0 Å². The predicted molar refractivity (Wildman–Crippen MR) is 84.3 cm³/mol. The van der Waals surface area contributed by atoms with Crippen LogP contribution in [0.3, 0.4) is 0 Å². The van der Waals surface area contributed by atoms with Crippen molar-refractivity contribution in [3.8, 4) is 0 Å². The van der Waals surface area contributed by atoms with Crippen molar-refractivity contribution in [2.45, 2.75) is 32.2 Å². The molecule has 1 aromatic carbocycles. The van der Waals surface area contributed by atoms with E-state index in [1.54, 1.807) is 0 Å². The van der Waals surface area contributed by atoms with Crippen LogP contribution in [0.4, 0.5) is 0 Å². The van der Waals surface area contributed by atoms with E-state index in [-0.39, 0.29) is 5.91 Å². The van der Waals surface area contributed by atoms with Gasteiger partial charge in [-0.1, -0.05) is 30.3 Å². The number of benzene rings is 1. The summed E-state index contributed by atoms with van der Waals surface area (Å²) in [6.45, 7) is 3.51. The number of carbonyl (C=O) groups is 2. The van der Waals surface area contributed by atoms with E-state index >= 15 is 0 Å². The summed E-state index contributed by atoms with van der Waals surface area (Å²) < 4.78 is 4.84. The van der Waals surface area contributed by atoms with Crippen molar-refractivity contribution in [2.24, 2.45) is 5.41 Å². The fraction of sp³-hybridized carbons (Fsp3) is 0.529. The molecule has 1 saturated heterocycles. The van der Waals surface area contributed by atoms with Crippen molar-refractivity contribution >= 4 is 11.9 Å². The lowest BCUT2D eigenvalue weighted by atomic mass is 9.81. The minimum Gasteiger partial charge on any atom is -0.467 e. The number of methoxy groups -OCH3 is 1. The molecular formula is C17H24N2O3. The Morgan fingerprint density at radius 2 is 2.09 bits per heavy atom. The summed E-state index contributed by atoms with van der Waals surface area (Å²) in [4.78, 5) is 24.6. The van der Waals surface area contributed by atoms with Crippen LogP contribution in [0.15, 0.2) is 30.3 Å². The number of ether oxygens (including phenoxy) is 1. The Morgan fingerprint density at radius 3 is 2.68 bits per heavy atom. The SMILES string of the molecule is COC(=O)C(Cc1ccccc1)NC(=O)C1(C)CCCNC1. The maximum absolute atomic E-state index is 12.6. The number of hydrogen-bond acceptors (Lipinski definition) is 4. The van der Waals surface area contributed by atoms with Crippen molar-refractivity contribution < 1.29 is 14.3 Å². The lowest BCUT2D eigenvalue weighted by molar-refractivity contribution is -0.146. The Balaban J connectivity index is 2.06. The van der Waals surface area contributed by atoms with Crippen molar-refractivity contribution in [3.63, 3.8) is 0 Å². The highest BCUT2D eigenvalue weighted by molar-refractivity contribution is 5.88. The van der Waals surface area contributed by atoms with Gasteiger partial charge in [0, 0.05) is 13.0 Å². The quantitative estimate of drug-likeness (QED) is 0.804. The van der Waals surface area contributed by atoms with E-state index in [0.29, 0.717) is 13.0 Å². The number of piperidine rings is 1. The van der Waals surface area contributed by atoms with Gasteiger partial charge in [-0.05, 0) is 31.9 Å². The monoisotopic (exact) mass is 304 g/mol. The van der Waals surface area contributed by atoms with Gasteiger partial charge in [0.15, 0.2) is 0 Å². The van der Waals surface area contributed by atoms with E-state index in [9.17, 15) is 9.59 Å². The van der Waals surface area contributed by atoms with Crippen LogP contribution in [0, 0.1) is 5.41 Å². The van der Waals surface area contributed by atoms with Gasteiger partial charge in [-0.3, -0.25) is 4.79 Å². The number of esters is 1. The molecule has 1 aliphatic rings. The van der Waals surface area contributed by atoms with E-state index in [4.69, 9.17) is 4.74 Å². The molecule has 0 saturated carbocycles. The molecule has 2 N–H and O–H groups in total. The molecular weight excluding hydrogens is 280 g/mol. The molecule has 2 atom stereocenters. The van der Waals surface area contributed by atoms with E-state index in [1.165, 1.54) is 7.11 Å². The van der Waals surface area contributed by atoms with Gasteiger partial charge in [-0.15, -0.1) is 0 Å². The molecule has 2 rings (SSSR count). The molecule has 22 heavy (non-hydrogen) atoms. The van der Waals surface area contributed by atoms with Crippen LogP contribution in [0.2, 0.25) is 0 Å². The molecule has 0 bridgehead atoms. The van der Waals surface area contributed by atoms with Gasteiger partial charge in [0.25, 0.3) is 0 Å². The molecule has 2 unspecified atom stereocenters. The minimum atomic E-state index is -0.654. The molecule has 1 aromatic rings. The van der Waals surface area contributed by atoms with Gasteiger partial charge in [-0.2, -0.15) is 0 Å². The Kier molecular flexibility index (Phi) is 5.55. The van der Waals surface area contributed by atoms with Gasteiger partial charge in [-0.25, -0.2) is 4.79 Å². The summed E-state index contributed by atoms with van der Waals surface area (Å²) in [6.07, 6.45) is 2.22. The van der Waals surface area contributed by atoms with Crippen LogP contribution in [0.25, 0.3) is 0 Å². The zero-order valence-electron chi connectivity index (χ0n) is 13.2. The summed E-state index contributed by atoms with van der Waals surface area (Å²) in [7, 11) is 1.34. The highest BCUT2D eigenvalue weighted by Crippen LogP contribution is 2.25. The first-order valence-corrected chi connectivity index (χ1v) is 7.68. The first-order chi connectivity index (χ1) is 10.5. The second-order valence-corrected chi connectivity index (χ2v) is 6.08. The molecule has 0 radical (unpaired) electrons. The van der Waals surface area contributed by atoms with Crippen LogP contribution in [0.5, 0.6) is 0 Å². The molecule has 0 aromatic heterocycles. The Hall–Kier alpha value is -1.88. The van der Waals surface area contributed by atoms with E-state index in [0.717, 1.165) is 24.9 Å². The van der Waals surface area contributed by atoms with Gasteiger partial charge in [0.1, 0.15) is 6.04 Å². The third-order valence-electron chi connectivity index (χ3n) is 4.22. The Morgan fingerprint density at radius 1 is 1.36 bits per heavy atom. The summed E-state index contributed by atoms with van der Waals surface area (Å²) in [5, 5.41) is 6.12. The lowest BCUT2D eigenvalue weighted by Gasteiger charge is -2.33. The van der Waals surface area contributed by atoms with Crippen LogP contribution in [-0.2, 0) is 20.7 Å². The second kappa shape index (κ2) is 7.40. The Bertz CT molecular complexity index is 510. The smallest absolute Gasteiger partial charge is 0.328 e. The highest BCUT2D eigenvalue weighted by Gasteiger charge is 2.36. The van der Waals surface area contributed by atoms with Crippen LogP contribution < -0.4 is 10.6 Å². The molecule has 5 heteroatoms. The molecule has 5 nitrogen and oxygen atoms in total. The highest BCUT2D eigenvalue weighted by atomic mass is 16.5. The number of nitrogens with one attached hydrogen (secondary N) is 2. The fourth-order valence-electron chi connectivity index (χ4n) is 2.77. The normalized spacial score (nSPS) is 22.6. The number of hydrogen-bond donors (Lipinski definition) is 2. The standard InChI is InChI=1S/C17H24N2O3/c1-17(9-6-10-18-12-17)16(21)19-14(15(20)22-2)11-13-7-4-3-5-8-13/h3-5,7-8,14,18H,6,9-12H2,1-2H3,(H,19,21). The van der Waals surface area contributed by atoms with Gasteiger partial charge in [0.05, 0.1) is 12.5 Å². The van der Waals surface area contributed by atoms with E-state index in [2.05, 4.69) is 10.6 Å². The van der Waals surface area contributed by atoms with Gasteiger partial charge >= 0.3 is 5.97 Å². The number of rotatable bonds is 5.